The van der Waals surface area contributed by atoms with Crippen molar-refractivity contribution in [2.75, 3.05) is 12.3 Å². The second-order valence-electron chi connectivity index (χ2n) is 2.87. The van der Waals surface area contributed by atoms with E-state index in [1.165, 1.54) is 0 Å². The molecule has 3 nitrogen and oxygen atoms in total. The molecule has 0 aliphatic carbocycles. The number of esters is 1. The van der Waals surface area contributed by atoms with Crippen molar-refractivity contribution in [3.05, 3.63) is 26.8 Å². The molecule has 1 aromatic carbocycles. The average molecular weight is 305 g/mol. The van der Waals surface area contributed by atoms with Crippen molar-refractivity contribution < 1.29 is 9.53 Å². The molecule has 0 radical (unpaired) electrons. The first kappa shape index (κ1) is 11.3. The number of hydrogen-bond acceptors (Lipinski definition) is 3. The summed E-state index contributed by atoms with van der Waals surface area (Å²) in [4.78, 5) is 11.5. The van der Waals surface area contributed by atoms with Crippen LogP contribution in [0, 0.1) is 10.5 Å². The van der Waals surface area contributed by atoms with E-state index in [2.05, 4.69) is 22.6 Å². The minimum absolute atomic E-state index is 0.349. The topological polar surface area (TPSA) is 52.3 Å². The summed E-state index contributed by atoms with van der Waals surface area (Å²) in [5, 5.41) is 0. The molecular formula is C10H12INO2. The van der Waals surface area contributed by atoms with E-state index in [-0.39, 0.29) is 5.97 Å². The zero-order valence-corrected chi connectivity index (χ0v) is 10.3. The molecule has 0 aliphatic rings. The zero-order valence-electron chi connectivity index (χ0n) is 8.13. The van der Waals surface area contributed by atoms with Crippen LogP contribution in [-0.2, 0) is 4.74 Å². The lowest BCUT2D eigenvalue weighted by Gasteiger charge is -2.09. The Morgan fingerprint density at radius 3 is 2.79 bits per heavy atom. The first-order chi connectivity index (χ1) is 6.57. The van der Waals surface area contributed by atoms with Crippen LogP contribution < -0.4 is 5.73 Å². The summed E-state index contributed by atoms with van der Waals surface area (Å²) in [6.07, 6.45) is 0. The lowest BCUT2D eigenvalue weighted by molar-refractivity contribution is 0.0526. The van der Waals surface area contributed by atoms with Crippen LogP contribution in [0.2, 0.25) is 0 Å². The molecular weight excluding hydrogens is 293 g/mol. The van der Waals surface area contributed by atoms with Gasteiger partial charge in [-0.05, 0) is 48.1 Å². The third-order valence-electron chi connectivity index (χ3n) is 1.89. The molecule has 0 unspecified atom stereocenters. The molecule has 14 heavy (non-hydrogen) atoms. The number of halogens is 1. The third kappa shape index (κ3) is 2.17. The molecule has 1 aromatic rings. The minimum Gasteiger partial charge on any atom is -0.462 e. The van der Waals surface area contributed by atoms with E-state index in [0.717, 1.165) is 9.13 Å². The van der Waals surface area contributed by atoms with Gasteiger partial charge >= 0.3 is 5.97 Å². The van der Waals surface area contributed by atoms with Crippen LogP contribution in [0.3, 0.4) is 0 Å². The number of aryl methyl sites for hydroxylation is 1. The Hall–Kier alpha value is -0.780. The highest BCUT2D eigenvalue weighted by atomic mass is 127. The number of carbonyl (C=O) groups is 1. The number of benzene rings is 1. The molecule has 4 heteroatoms. The zero-order chi connectivity index (χ0) is 10.7. The summed E-state index contributed by atoms with van der Waals surface area (Å²) in [6.45, 7) is 4.01. The monoisotopic (exact) mass is 305 g/mol. The summed E-state index contributed by atoms with van der Waals surface area (Å²) in [6, 6.07) is 3.75. The molecule has 0 aliphatic heterocycles. The van der Waals surface area contributed by atoms with Crippen molar-refractivity contribution in [3.8, 4) is 0 Å². The average Bonchev–Trinajstić information content (AvgIpc) is 2.13. The quantitative estimate of drug-likeness (QED) is 0.518. The van der Waals surface area contributed by atoms with E-state index in [9.17, 15) is 4.79 Å². The second kappa shape index (κ2) is 4.63. The number of rotatable bonds is 2. The number of nitrogen functional groups attached to an aromatic ring is 1. The standard InChI is InChI=1S/C10H12INO2/c1-3-14-10(13)8-7(11)5-4-6(2)9(8)12/h4-5H,3,12H2,1-2H3. The lowest BCUT2D eigenvalue weighted by atomic mass is 10.1. The van der Waals surface area contributed by atoms with Crippen LogP contribution in [0.5, 0.6) is 0 Å². The Balaban J connectivity index is 3.18. The van der Waals surface area contributed by atoms with E-state index in [4.69, 9.17) is 10.5 Å². The number of anilines is 1. The first-order valence-corrected chi connectivity index (χ1v) is 5.37. The van der Waals surface area contributed by atoms with Crippen LogP contribution in [0.1, 0.15) is 22.8 Å². The number of hydrogen-bond donors (Lipinski definition) is 1. The van der Waals surface area contributed by atoms with Gasteiger partial charge in [-0.2, -0.15) is 0 Å². The molecule has 0 atom stereocenters. The normalized spacial score (nSPS) is 9.93. The molecule has 1 rings (SSSR count). The number of carbonyl (C=O) groups excluding carboxylic acids is 1. The van der Waals surface area contributed by atoms with E-state index in [1.807, 2.05) is 19.1 Å². The SMILES string of the molecule is CCOC(=O)c1c(I)ccc(C)c1N. The maximum Gasteiger partial charge on any atom is 0.341 e. The maximum absolute atomic E-state index is 11.5. The molecule has 2 N–H and O–H groups in total. The van der Waals surface area contributed by atoms with E-state index < -0.39 is 0 Å². The predicted octanol–water partition coefficient (Wildman–Crippen LogP) is 2.36. The Labute approximate surface area is 96.8 Å². The van der Waals surface area contributed by atoms with Gasteiger partial charge < -0.3 is 10.5 Å². The fourth-order valence-corrected chi connectivity index (χ4v) is 1.80. The largest absolute Gasteiger partial charge is 0.462 e. The molecule has 0 amide bonds. The van der Waals surface area contributed by atoms with Gasteiger partial charge in [-0.1, -0.05) is 6.07 Å². The molecule has 0 aromatic heterocycles. The van der Waals surface area contributed by atoms with Gasteiger partial charge in [0, 0.05) is 3.57 Å². The highest BCUT2D eigenvalue weighted by Gasteiger charge is 2.15. The number of nitrogens with two attached hydrogens (primary N) is 1. The molecule has 0 saturated heterocycles. The number of ether oxygens (including phenoxy) is 1. The summed E-state index contributed by atoms with van der Waals surface area (Å²) >= 11 is 2.08. The van der Waals surface area contributed by atoms with Crippen molar-refractivity contribution in [3.63, 3.8) is 0 Å². The summed E-state index contributed by atoms with van der Waals surface area (Å²) in [7, 11) is 0. The van der Waals surface area contributed by atoms with E-state index in [0.29, 0.717) is 17.9 Å². The van der Waals surface area contributed by atoms with Crippen LogP contribution in [0.25, 0.3) is 0 Å². The molecule has 76 valence electrons. The second-order valence-corrected chi connectivity index (χ2v) is 4.04. The molecule has 0 fully saturated rings. The van der Waals surface area contributed by atoms with Crippen LogP contribution in [0.15, 0.2) is 12.1 Å². The molecule has 0 heterocycles. The van der Waals surface area contributed by atoms with Gasteiger partial charge in [0.15, 0.2) is 0 Å². The highest BCUT2D eigenvalue weighted by Crippen LogP contribution is 2.23. The molecule has 0 saturated carbocycles. The van der Waals surface area contributed by atoms with Crippen molar-refractivity contribution in [2.24, 2.45) is 0 Å². The molecule has 0 spiro atoms. The fraction of sp³-hybridized carbons (Fsp3) is 0.300. The first-order valence-electron chi connectivity index (χ1n) is 4.29. The van der Waals surface area contributed by atoms with E-state index in [1.54, 1.807) is 6.92 Å². The summed E-state index contributed by atoms with van der Waals surface area (Å²) in [5.41, 5.74) is 7.69. The van der Waals surface area contributed by atoms with Gasteiger partial charge in [0.1, 0.15) is 0 Å². The maximum atomic E-state index is 11.5. The fourth-order valence-electron chi connectivity index (χ4n) is 1.11. The Morgan fingerprint density at radius 2 is 2.21 bits per heavy atom. The van der Waals surface area contributed by atoms with E-state index >= 15 is 0 Å². The van der Waals surface area contributed by atoms with Crippen LogP contribution in [-0.4, -0.2) is 12.6 Å². The van der Waals surface area contributed by atoms with Gasteiger partial charge in [0.2, 0.25) is 0 Å². The van der Waals surface area contributed by atoms with Gasteiger partial charge in [0.05, 0.1) is 17.9 Å². The van der Waals surface area contributed by atoms with Crippen molar-refractivity contribution >= 4 is 34.2 Å². The van der Waals surface area contributed by atoms with Crippen molar-refractivity contribution in [1.82, 2.24) is 0 Å². The smallest absolute Gasteiger partial charge is 0.341 e. The summed E-state index contributed by atoms with van der Waals surface area (Å²) in [5.74, 6) is -0.349. The van der Waals surface area contributed by atoms with Crippen molar-refractivity contribution in [1.29, 1.82) is 0 Å². The summed E-state index contributed by atoms with van der Waals surface area (Å²) < 4.78 is 5.74. The molecule has 0 bridgehead atoms. The Bertz CT molecular complexity index is 363. The third-order valence-corrected chi connectivity index (χ3v) is 2.79. The predicted molar refractivity (Wildman–Crippen MR) is 64.3 cm³/mol. The highest BCUT2D eigenvalue weighted by molar-refractivity contribution is 14.1. The lowest BCUT2D eigenvalue weighted by Crippen LogP contribution is -2.11. The van der Waals surface area contributed by atoms with Gasteiger partial charge in [-0.3, -0.25) is 0 Å². The van der Waals surface area contributed by atoms with Gasteiger partial charge in [0.25, 0.3) is 0 Å². The van der Waals surface area contributed by atoms with Gasteiger partial charge in [-0.15, -0.1) is 0 Å². The van der Waals surface area contributed by atoms with Crippen LogP contribution >= 0.6 is 22.6 Å². The Morgan fingerprint density at radius 1 is 1.57 bits per heavy atom. The van der Waals surface area contributed by atoms with Gasteiger partial charge in [-0.25, -0.2) is 4.79 Å². The Kier molecular flexibility index (Phi) is 3.74. The minimum atomic E-state index is -0.349. The van der Waals surface area contributed by atoms with Crippen molar-refractivity contribution in [2.45, 2.75) is 13.8 Å². The van der Waals surface area contributed by atoms with Crippen LogP contribution in [0.4, 0.5) is 5.69 Å².